The fourth-order valence-corrected chi connectivity index (χ4v) is 1.85. The summed E-state index contributed by atoms with van der Waals surface area (Å²) in [4.78, 5) is 10.9. The summed E-state index contributed by atoms with van der Waals surface area (Å²) in [5.74, 6) is 1.55. The predicted molar refractivity (Wildman–Crippen MR) is 68.3 cm³/mol. The molecule has 0 radical (unpaired) electrons. The summed E-state index contributed by atoms with van der Waals surface area (Å²) >= 11 is 0. The van der Waals surface area contributed by atoms with Crippen LogP contribution in [-0.2, 0) is 0 Å². The van der Waals surface area contributed by atoms with Gasteiger partial charge >= 0.3 is 0 Å². The SMILES string of the molecule is CC(C)(O)CNc1nccc(N2CCCC2)n1. The van der Waals surface area contributed by atoms with Crippen molar-refractivity contribution in [2.75, 3.05) is 29.9 Å². The first-order chi connectivity index (χ1) is 8.04. The minimum absolute atomic E-state index is 0.441. The summed E-state index contributed by atoms with van der Waals surface area (Å²) in [6.45, 7) is 6.09. The van der Waals surface area contributed by atoms with Crippen LogP contribution < -0.4 is 10.2 Å². The standard InChI is InChI=1S/C12H20N4O/c1-12(2,17)9-14-11-13-6-5-10(15-11)16-7-3-4-8-16/h5-6,17H,3-4,7-9H2,1-2H3,(H,13,14,15). The molecule has 17 heavy (non-hydrogen) atoms. The van der Waals surface area contributed by atoms with Gasteiger partial charge in [0.2, 0.25) is 5.95 Å². The number of aromatic nitrogens is 2. The van der Waals surface area contributed by atoms with Crippen LogP contribution in [0.2, 0.25) is 0 Å². The monoisotopic (exact) mass is 236 g/mol. The zero-order valence-electron chi connectivity index (χ0n) is 10.5. The first kappa shape index (κ1) is 12.1. The first-order valence-corrected chi connectivity index (χ1v) is 6.09. The molecule has 0 atom stereocenters. The average Bonchev–Trinajstić information content (AvgIpc) is 2.79. The minimum Gasteiger partial charge on any atom is -0.389 e. The molecule has 1 aliphatic rings. The van der Waals surface area contributed by atoms with E-state index in [-0.39, 0.29) is 0 Å². The van der Waals surface area contributed by atoms with Crippen molar-refractivity contribution in [1.82, 2.24) is 9.97 Å². The highest BCUT2D eigenvalue weighted by atomic mass is 16.3. The third-order valence-corrected chi connectivity index (χ3v) is 2.75. The Balaban J connectivity index is 2.01. The molecule has 0 spiro atoms. The highest BCUT2D eigenvalue weighted by Crippen LogP contribution is 2.18. The van der Waals surface area contributed by atoms with Gasteiger partial charge in [0.05, 0.1) is 5.60 Å². The van der Waals surface area contributed by atoms with Gasteiger partial charge in [-0.25, -0.2) is 4.98 Å². The molecule has 2 heterocycles. The molecule has 1 aromatic rings. The van der Waals surface area contributed by atoms with E-state index >= 15 is 0 Å². The molecule has 1 fully saturated rings. The molecule has 0 unspecified atom stereocenters. The summed E-state index contributed by atoms with van der Waals surface area (Å²) in [5, 5.41) is 12.7. The van der Waals surface area contributed by atoms with Crippen LogP contribution in [0, 0.1) is 0 Å². The van der Waals surface area contributed by atoms with E-state index in [1.807, 2.05) is 6.07 Å². The molecule has 1 aromatic heterocycles. The molecule has 2 N–H and O–H groups in total. The predicted octanol–water partition coefficient (Wildman–Crippen LogP) is 1.26. The lowest BCUT2D eigenvalue weighted by Gasteiger charge is -2.19. The van der Waals surface area contributed by atoms with Crippen molar-refractivity contribution in [3.05, 3.63) is 12.3 Å². The maximum atomic E-state index is 9.63. The van der Waals surface area contributed by atoms with E-state index in [9.17, 15) is 5.11 Å². The molecule has 1 saturated heterocycles. The number of nitrogens with zero attached hydrogens (tertiary/aromatic N) is 3. The normalized spacial score (nSPS) is 16.3. The van der Waals surface area contributed by atoms with Crippen molar-refractivity contribution >= 4 is 11.8 Å². The van der Waals surface area contributed by atoms with Gasteiger partial charge in [0.15, 0.2) is 0 Å². The minimum atomic E-state index is -0.757. The second-order valence-electron chi connectivity index (χ2n) is 5.10. The second-order valence-corrected chi connectivity index (χ2v) is 5.10. The van der Waals surface area contributed by atoms with Crippen LogP contribution in [0.3, 0.4) is 0 Å². The fourth-order valence-electron chi connectivity index (χ4n) is 1.85. The molecule has 5 heteroatoms. The molecular formula is C12H20N4O. The van der Waals surface area contributed by atoms with Crippen LogP contribution in [0.25, 0.3) is 0 Å². The van der Waals surface area contributed by atoms with Crippen molar-refractivity contribution < 1.29 is 5.11 Å². The third kappa shape index (κ3) is 3.56. The van der Waals surface area contributed by atoms with Crippen molar-refractivity contribution in [3.63, 3.8) is 0 Å². The van der Waals surface area contributed by atoms with E-state index in [1.54, 1.807) is 20.0 Å². The molecule has 0 saturated carbocycles. The Morgan fingerprint density at radius 1 is 1.41 bits per heavy atom. The molecule has 0 aliphatic carbocycles. The molecule has 0 amide bonds. The Hall–Kier alpha value is -1.36. The maximum Gasteiger partial charge on any atom is 0.224 e. The lowest BCUT2D eigenvalue weighted by atomic mass is 10.1. The van der Waals surface area contributed by atoms with Crippen molar-refractivity contribution in [2.45, 2.75) is 32.3 Å². The summed E-state index contributed by atoms with van der Waals surface area (Å²) in [6.07, 6.45) is 4.22. The number of anilines is 2. The average molecular weight is 236 g/mol. The van der Waals surface area contributed by atoms with Crippen LogP contribution in [0.15, 0.2) is 12.3 Å². The van der Waals surface area contributed by atoms with Crippen LogP contribution in [0.5, 0.6) is 0 Å². The van der Waals surface area contributed by atoms with Crippen molar-refractivity contribution in [1.29, 1.82) is 0 Å². The van der Waals surface area contributed by atoms with E-state index < -0.39 is 5.60 Å². The van der Waals surface area contributed by atoms with Crippen LogP contribution >= 0.6 is 0 Å². The maximum absolute atomic E-state index is 9.63. The Labute approximate surface area is 102 Å². The lowest BCUT2D eigenvalue weighted by Crippen LogP contribution is -2.30. The lowest BCUT2D eigenvalue weighted by molar-refractivity contribution is 0.0943. The Kier molecular flexibility index (Phi) is 3.47. The van der Waals surface area contributed by atoms with Crippen molar-refractivity contribution in [2.24, 2.45) is 0 Å². The largest absolute Gasteiger partial charge is 0.389 e. The Bertz CT molecular complexity index is 369. The van der Waals surface area contributed by atoms with E-state index in [2.05, 4.69) is 20.2 Å². The molecule has 1 aliphatic heterocycles. The Morgan fingerprint density at radius 2 is 2.12 bits per heavy atom. The molecular weight excluding hydrogens is 216 g/mol. The fraction of sp³-hybridized carbons (Fsp3) is 0.667. The van der Waals surface area contributed by atoms with Crippen LogP contribution in [0.1, 0.15) is 26.7 Å². The molecule has 0 aromatic carbocycles. The molecule has 0 bridgehead atoms. The summed E-state index contributed by atoms with van der Waals surface area (Å²) in [5.41, 5.74) is -0.757. The van der Waals surface area contributed by atoms with Gasteiger partial charge in [-0.05, 0) is 32.8 Å². The smallest absolute Gasteiger partial charge is 0.224 e. The number of hydrogen-bond acceptors (Lipinski definition) is 5. The van der Waals surface area contributed by atoms with Crippen molar-refractivity contribution in [3.8, 4) is 0 Å². The Morgan fingerprint density at radius 3 is 2.76 bits per heavy atom. The second kappa shape index (κ2) is 4.87. The van der Waals surface area contributed by atoms with Crippen LogP contribution in [0.4, 0.5) is 11.8 Å². The summed E-state index contributed by atoms with van der Waals surface area (Å²) in [7, 11) is 0. The highest BCUT2D eigenvalue weighted by molar-refractivity contribution is 5.43. The zero-order valence-corrected chi connectivity index (χ0v) is 10.5. The highest BCUT2D eigenvalue weighted by Gasteiger charge is 2.15. The zero-order chi connectivity index (χ0) is 12.3. The third-order valence-electron chi connectivity index (χ3n) is 2.75. The van der Waals surface area contributed by atoms with Gasteiger partial charge in [-0.15, -0.1) is 0 Å². The summed E-state index contributed by atoms with van der Waals surface area (Å²) < 4.78 is 0. The summed E-state index contributed by atoms with van der Waals surface area (Å²) in [6, 6.07) is 1.93. The van der Waals surface area contributed by atoms with Crippen LogP contribution in [-0.4, -0.2) is 40.3 Å². The van der Waals surface area contributed by atoms with E-state index in [4.69, 9.17) is 0 Å². The topological polar surface area (TPSA) is 61.3 Å². The van der Waals surface area contributed by atoms with E-state index in [0.29, 0.717) is 12.5 Å². The quantitative estimate of drug-likeness (QED) is 0.824. The van der Waals surface area contributed by atoms with Gasteiger partial charge in [-0.3, -0.25) is 0 Å². The molecule has 5 nitrogen and oxygen atoms in total. The van der Waals surface area contributed by atoms with Gasteiger partial charge < -0.3 is 15.3 Å². The van der Waals surface area contributed by atoms with Gasteiger partial charge in [-0.1, -0.05) is 0 Å². The van der Waals surface area contributed by atoms with Gasteiger partial charge in [-0.2, -0.15) is 4.98 Å². The number of hydrogen-bond donors (Lipinski definition) is 2. The first-order valence-electron chi connectivity index (χ1n) is 6.09. The van der Waals surface area contributed by atoms with Gasteiger partial charge in [0, 0.05) is 25.8 Å². The van der Waals surface area contributed by atoms with E-state index in [0.717, 1.165) is 18.9 Å². The van der Waals surface area contributed by atoms with Gasteiger partial charge in [0.1, 0.15) is 5.82 Å². The van der Waals surface area contributed by atoms with Gasteiger partial charge in [0.25, 0.3) is 0 Å². The molecule has 94 valence electrons. The number of aliphatic hydroxyl groups is 1. The number of rotatable bonds is 4. The number of nitrogens with one attached hydrogen (secondary N) is 1. The molecule has 2 rings (SSSR count). The van der Waals surface area contributed by atoms with E-state index in [1.165, 1.54) is 12.8 Å².